The molecule has 1 atom stereocenters. The van der Waals surface area contributed by atoms with Crippen LogP contribution in [0, 0.1) is 17.0 Å². The minimum absolute atomic E-state index is 0.00837. The lowest BCUT2D eigenvalue weighted by Gasteiger charge is -2.39. The first-order chi connectivity index (χ1) is 8.33. The average molecular weight is 253 g/mol. The summed E-state index contributed by atoms with van der Waals surface area (Å²) in [6.45, 7) is 1.61. The van der Waals surface area contributed by atoms with Crippen LogP contribution in [-0.4, -0.2) is 23.8 Å². The number of nitrogens with zero attached hydrogens (tertiary/aromatic N) is 1. The fourth-order valence-corrected chi connectivity index (χ4v) is 2.03. The molecule has 0 bridgehead atoms. The minimum atomic E-state index is -1.03. The van der Waals surface area contributed by atoms with Crippen LogP contribution < -0.4 is 5.32 Å². The van der Waals surface area contributed by atoms with E-state index >= 15 is 0 Å². The predicted octanol–water partition coefficient (Wildman–Crippen LogP) is 1.57. The molecule has 6 heteroatoms. The van der Waals surface area contributed by atoms with Gasteiger partial charge in [-0.3, -0.25) is 15.1 Å². The molecule has 0 spiro atoms. The van der Waals surface area contributed by atoms with Crippen LogP contribution in [0.15, 0.2) is 18.2 Å². The number of hydrogen-bond acceptors (Lipinski definition) is 2. The number of guanidine groups is 1. The van der Waals surface area contributed by atoms with Gasteiger partial charge < -0.3 is 5.32 Å². The maximum atomic E-state index is 13.8. The van der Waals surface area contributed by atoms with Crippen molar-refractivity contribution in [1.29, 1.82) is 5.41 Å². The fraction of sp³-hybridized carbons (Fsp3) is 0.333. The predicted molar refractivity (Wildman–Crippen MR) is 62.0 cm³/mol. The molecule has 2 rings (SSSR count). The molecule has 4 nitrogen and oxygen atoms in total. The Kier molecular flexibility index (Phi) is 2.80. The number of carbonyl (C=O) groups is 1. The zero-order valence-corrected chi connectivity index (χ0v) is 10.1. The van der Waals surface area contributed by atoms with E-state index in [-0.39, 0.29) is 23.9 Å². The highest BCUT2D eigenvalue weighted by Crippen LogP contribution is 2.30. The van der Waals surface area contributed by atoms with E-state index in [4.69, 9.17) is 5.41 Å². The molecule has 1 saturated heterocycles. The van der Waals surface area contributed by atoms with Crippen LogP contribution in [0.25, 0.3) is 0 Å². The van der Waals surface area contributed by atoms with Crippen molar-refractivity contribution >= 4 is 11.9 Å². The molecule has 2 N–H and O–H groups in total. The molecule has 1 amide bonds. The van der Waals surface area contributed by atoms with E-state index in [0.29, 0.717) is 0 Å². The summed E-state index contributed by atoms with van der Waals surface area (Å²) >= 11 is 0. The Bertz CT molecular complexity index is 512. The molecule has 0 saturated carbocycles. The van der Waals surface area contributed by atoms with Crippen LogP contribution in [0.1, 0.15) is 18.9 Å². The van der Waals surface area contributed by atoms with Crippen LogP contribution >= 0.6 is 0 Å². The molecule has 0 aliphatic carbocycles. The third-order valence-corrected chi connectivity index (χ3v) is 3.13. The van der Waals surface area contributed by atoms with Gasteiger partial charge in [0.1, 0.15) is 11.6 Å². The molecular formula is C12H13F2N3O. The van der Waals surface area contributed by atoms with Gasteiger partial charge in [0.25, 0.3) is 0 Å². The topological polar surface area (TPSA) is 56.2 Å². The van der Waals surface area contributed by atoms with Crippen LogP contribution in [0.2, 0.25) is 0 Å². The van der Waals surface area contributed by atoms with E-state index in [9.17, 15) is 13.6 Å². The summed E-state index contributed by atoms with van der Waals surface area (Å²) in [6.07, 6.45) is 0.00837. The van der Waals surface area contributed by atoms with Gasteiger partial charge >= 0.3 is 0 Å². The number of amides is 1. The summed E-state index contributed by atoms with van der Waals surface area (Å²) in [5, 5.41) is 10.4. The largest absolute Gasteiger partial charge is 0.346 e. The summed E-state index contributed by atoms with van der Waals surface area (Å²) in [5.74, 6) is -1.79. The Hall–Kier alpha value is -1.98. The van der Waals surface area contributed by atoms with Gasteiger partial charge in [0.05, 0.1) is 12.0 Å². The second-order valence-electron chi connectivity index (χ2n) is 4.56. The SMILES string of the molecule is CN1C(=N)N[C@](C)(c2ccc(F)cc2F)CC1=O. The summed E-state index contributed by atoms with van der Waals surface area (Å²) in [4.78, 5) is 12.9. The Morgan fingerprint density at radius 1 is 1.44 bits per heavy atom. The number of rotatable bonds is 1. The lowest BCUT2D eigenvalue weighted by atomic mass is 9.86. The maximum absolute atomic E-state index is 13.8. The van der Waals surface area contributed by atoms with E-state index in [2.05, 4.69) is 5.32 Å². The Morgan fingerprint density at radius 2 is 2.11 bits per heavy atom. The van der Waals surface area contributed by atoms with Crippen LogP contribution in [0.5, 0.6) is 0 Å². The van der Waals surface area contributed by atoms with Crippen molar-refractivity contribution in [1.82, 2.24) is 10.2 Å². The van der Waals surface area contributed by atoms with Gasteiger partial charge in [0, 0.05) is 18.7 Å². The number of nitrogens with one attached hydrogen (secondary N) is 2. The monoisotopic (exact) mass is 253 g/mol. The summed E-state index contributed by atoms with van der Waals surface area (Å²) in [7, 11) is 1.47. The average Bonchev–Trinajstić information content (AvgIpc) is 2.25. The Morgan fingerprint density at radius 3 is 2.67 bits per heavy atom. The van der Waals surface area contributed by atoms with Gasteiger partial charge in [-0.1, -0.05) is 6.07 Å². The minimum Gasteiger partial charge on any atom is -0.346 e. The molecule has 96 valence electrons. The van der Waals surface area contributed by atoms with E-state index < -0.39 is 17.2 Å². The number of halogens is 2. The zero-order valence-electron chi connectivity index (χ0n) is 10.1. The molecule has 0 aromatic heterocycles. The Balaban J connectivity index is 2.42. The van der Waals surface area contributed by atoms with Gasteiger partial charge in [0.2, 0.25) is 5.91 Å². The highest BCUT2D eigenvalue weighted by Gasteiger charge is 2.39. The molecule has 1 fully saturated rings. The van der Waals surface area contributed by atoms with Crippen molar-refractivity contribution in [2.24, 2.45) is 0 Å². The fourth-order valence-electron chi connectivity index (χ4n) is 2.03. The van der Waals surface area contributed by atoms with Crippen molar-refractivity contribution in [2.45, 2.75) is 18.9 Å². The normalized spacial score (nSPS) is 24.1. The molecule has 1 aromatic rings. The molecular weight excluding hydrogens is 240 g/mol. The van der Waals surface area contributed by atoms with E-state index in [1.165, 1.54) is 13.1 Å². The molecule has 1 aromatic carbocycles. The number of benzene rings is 1. The van der Waals surface area contributed by atoms with E-state index in [1.54, 1.807) is 6.92 Å². The molecule has 1 aliphatic rings. The van der Waals surface area contributed by atoms with Crippen molar-refractivity contribution in [3.05, 3.63) is 35.4 Å². The first-order valence-electron chi connectivity index (χ1n) is 5.42. The zero-order chi connectivity index (χ0) is 13.5. The third-order valence-electron chi connectivity index (χ3n) is 3.13. The van der Waals surface area contributed by atoms with Gasteiger partial charge in [0.15, 0.2) is 5.96 Å². The summed E-state index contributed by atoms with van der Waals surface area (Å²) < 4.78 is 26.6. The van der Waals surface area contributed by atoms with Crippen molar-refractivity contribution in [3.8, 4) is 0 Å². The van der Waals surface area contributed by atoms with Gasteiger partial charge in [-0.05, 0) is 13.0 Å². The lowest BCUT2D eigenvalue weighted by Crippen LogP contribution is -2.58. The summed E-state index contributed by atoms with van der Waals surface area (Å²) in [5.41, 5.74) is -0.853. The van der Waals surface area contributed by atoms with Crippen molar-refractivity contribution < 1.29 is 13.6 Å². The molecule has 1 heterocycles. The standard InChI is InChI=1S/C12H13F2N3O/c1-12(6-10(18)17(2)11(15)16-12)8-4-3-7(13)5-9(8)14/h3-5H,6H2,1-2H3,(H2,15,16)/t12-/m0/s1. The highest BCUT2D eigenvalue weighted by atomic mass is 19.1. The molecule has 0 unspecified atom stereocenters. The van der Waals surface area contributed by atoms with Crippen LogP contribution in [0.4, 0.5) is 8.78 Å². The quantitative estimate of drug-likeness (QED) is 0.798. The number of hydrogen-bond donors (Lipinski definition) is 2. The molecule has 1 aliphatic heterocycles. The maximum Gasteiger partial charge on any atom is 0.231 e. The van der Waals surface area contributed by atoms with Crippen LogP contribution in [-0.2, 0) is 10.3 Å². The summed E-state index contributed by atoms with van der Waals surface area (Å²) in [6, 6.07) is 3.20. The van der Waals surface area contributed by atoms with Gasteiger partial charge in [-0.2, -0.15) is 0 Å². The number of carbonyl (C=O) groups excluding carboxylic acids is 1. The second kappa shape index (κ2) is 4.04. The van der Waals surface area contributed by atoms with Gasteiger partial charge in [-0.15, -0.1) is 0 Å². The van der Waals surface area contributed by atoms with Crippen molar-refractivity contribution in [3.63, 3.8) is 0 Å². The molecule has 18 heavy (non-hydrogen) atoms. The first kappa shape index (κ1) is 12.5. The molecule has 0 radical (unpaired) electrons. The lowest BCUT2D eigenvalue weighted by molar-refractivity contribution is -0.129. The second-order valence-corrected chi connectivity index (χ2v) is 4.56. The van der Waals surface area contributed by atoms with E-state index in [1.807, 2.05) is 0 Å². The van der Waals surface area contributed by atoms with Crippen molar-refractivity contribution in [2.75, 3.05) is 7.05 Å². The van der Waals surface area contributed by atoms with Gasteiger partial charge in [-0.25, -0.2) is 8.78 Å². The third kappa shape index (κ3) is 1.94. The first-order valence-corrected chi connectivity index (χ1v) is 5.42. The highest BCUT2D eigenvalue weighted by molar-refractivity contribution is 5.98. The Labute approximate surface area is 103 Å². The van der Waals surface area contributed by atoms with Crippen LogP contribution in [0.3, 0.4) is 0 Å². The smallest absolute Gasteiger partial charge is 0.231 e. The van der Waals surface area contributed by atoms with E-state index in [0.717, 1.165) is 17.0 Å².